The number of benzene rings is 1. The highest BCUT2D eigenvalue weighted by atomic mass is 19.1. The molecule has 1 aromatic carbocycles. The molecule has 5 heteroatoms. The Bertz CT molecular complexity index is 699. The van der Waals surface area contributed by atoms with Gasteiger partial charge in [0.1, 0.15) is 17.4 Å². The minimum Gasteiger partial charge on any atom is -0.330 e. The van der Waals surface area contributed by atoms with Crippen molar-refractivity contribution in [1.29, 1.82) is 5.26 Å². The van der Waals surface area contributed by atoms with Crippen LogP contribution in [0.5, 0.6) is 0 Å². The Morgan fingerprint density at radius 3 is 2.50 bits per heavy atom. The summed E-state index contributed by atoms with van der Waals surface area (Å²) in [6.45, 7) is 0.879. The number of nitriles is 1. The van der Waals surface area contributed by atoms with Crippen LogP contribution < -0.4 is 11.3 Å². The molecule has 0 aliphatic rings. The van der Waals surface area contributed by atoms with Crippen LogP contribution in [0.25, 0.3) is 11.3 Å². The standard InChI is InChI=1S/C15H14FN3O/c16-13-5-2-11(3-6-13)14-7-4-12(10-18)15(20)19(14)9-1-8-17/h2-7H,1,8-9,17H2. The van der Waals surface area contributed by atoms with Gasteiger partial charge in [-0.1, -0.05) is 0 Å². The molecular formula is C15H14FN3O. The maximum absolute atomic E-state index is 13.0. The molecule has 2 N–H and O–H groups in total. The number of nitrogens with zero attached hydrogens (tertiary/aromatic N) is 2. The summed E-state index contributed by atoms with van der Waals surface area (Å²) in [5, 5.41) is 8.93. The first-order chi connectivity index (χ1) is 9.67. The summed E-state index contributed by atoms with van der Waals surface area (Å²) in [6.07, 6.45) is 0.628. The Balaban J connectivity index is 2.57. The first kappa shape index (κ1) is 14.0. The molecule has 2 rings (SSSR count). The minimum absolute atomic E-state index is 0.0906. The number of pyridine rings is 1. The van der Waals surface area contributed by atoms with Crippen LogP contribution in [0.15, 0.2) is 41.2 Å². The van der Waals surface area contributed by atoms with Gasteiger partial charge in [0.05, 0.1) is 5.69 Å². The van der Waals surface area contributed by atoms with Crippen LogP contribution in [0.1, 0.15) is 12.0 Å². The third-order valence-electron chi connectivity index (χ3n) is 3.02. The van der Waals surface area contributed by atoms with Crippen molar-refractivity contribution in [2.24, 2.45) is 5.73 Å². The third kappa shape index (κ3) is 2.76. The molecule has 0 saturated carbocycles. The molecule has 0 fully saturated rings. The Morgan fingerprint density at radius 1 is 1.20 bits per heavy atom. The molecule has 0 aliphatic carbocycles. The predicted molar refractivity (Wildman–Crippen MR) is 74.5 cm³/mol. The van der Waals surface area contributed by atoms with Crippen molar-refractivity contribution < 1.29 is 4.39 Å². The number of hydrogen-bond donors (Lipinski definition) is 1. The number of aromatic nitrogens is 1. The molecule has 0 aliphatic heterocycles. The second-order valence-electron chi connectivity index (χ2n) is 4.35. The van der Waals surface area contributed by atoms with Gasteiger partial charge < -0.3 is 10.3 Å². The Kier molecular flexibility index (Phi) is 4.28. The zero-order valence-corrected chi connectivity index (χ0v) is 10.8. The third-order valence-corrected chi connectivity index (χ3v) is 3.02. The van der Waals surface area contributed by atoms with E-state index in [-0.39, 0.29) is 16.9 Å². The summed E-state index contributed by atoms with van der Waals surface area (Å²) >= 11 is 0. The lowest BCUT2D eigenvalue weighted by Crippen LogP contribution is -2.25. The number of halogens is 1. The Morgan fingerprint density at radius 2 is 1.90 bits per heavy atom. The van der Waals surface area contributed by atoms with E-state index in [4.69, 9.17) is 11.0 Å². The molecule has 0 spiro atoms. The van der Waals surface area contributed by atoms with Crippen LogP contribution >= 0.6 is 0 Å². The first-order valence-electron chi connectivity index (χ1n) is 6.27. The fraction of sp³-hybridized carbons (Fsp3) is 0.200. The van der Waals surface area contributed by atoms with Crippen LogP contribution in [-0.2, 0) is 6.54 Å². The summed E-state index contributed by atoms with van der Waals surface area (Å²) in [5.74, 6) is -0.335. The zero-order chi connectivity index (χ0) is 14.5. The zero-order valence-electron chi connectivity index (χ0n) is 10.8. The molecule has 0 saturated heterocycles. The van der Waals surface area contributed by atoms with Gasteiger partial charge in [-0.15, -0.1) is 0 Å². The topological polar surface area (TPSA) is 71.8 Å². The normalized spacial score (nSPS) is 10.2. The minimum atomic E-state index is -0.345. The highest BCUT2D eigenvalue weighted by Crippen LogP contribution is 2.19. The van der Waals surface area contributed by atoms with Crippen molar-refractivity contribution in [2.45, 2.75) is 13.0 Å². The summed E-state index contributed by atoms with van der Waals surface area (Å²) in [7, 11) is 0. The van der Waals surface area contributed by atoms with Gasteiger partial charge in [-0.2, -0.15) is 5.26 Å². The number of rotatable bonds is 4. The number of nitrogens with two attached hydrogens (primary N) is 1. The lowest BCUT2D eigenvalue weighted by molar-refractivity contribution is 0.626. The lowest BCUT2D eigenvalue weighted by Gasteiger charge is -2.13. The van der Waals surface area contributed by atoms with Crippen molar-refractivity contribution in [2.75, 3.05) is 6.54 Å². The summed E-state index contributed by atoms with van der Waals surface area (Å²) < 4.78 is 14.5. The maximum Gasteiger partial charge on any atom is 0.268 e. The second kappa shape index (κ2) is 6.13. The van der Waals surface area contributed by atoms with Gasteiger partial charge >= 0.3 is 0 Å². The number of hydrogen-bond acceptors (Lipinski definition) is 3. The van der Waals surface area contributed by atoms with E-state index in [0.717, 1.165) is 5.56 Å². The molecule has 4 nitrogen and oxygen atoms in total. The first-order valence-corrected chi connectivity index (χ1v) is 6.27. The molecule has 102 valence electrons. The lowest BCUT2D eigenvalue weighted by atomic mass is 10.1. The van der Waals surface area contributed by atoms with E-state index in [2.05, 4.69) is 0 Å². The quantitative estimate of drug-likeness (QED) is 0.922. The van der Waals surface area contributed by atoms with E-state index in [1.165, 1.54) is 22.8 Å². The summed E-state index contributed by atoms with van der Waals surface area (Å²) in [5.41, 5.74) is 6.60. The van der Waals surface area contributed by atoms with E-state index in [1.54, 1.807) is 18.2 Å². The largest absolute Gasteiger partial charge is 0.330 e. The molecular weight excluding hydrogens is 257 g/mol. The Labute approximate surface area is 115 Å². The van der Waals surface area contributed by atoms with Gasteiger partial charge in [-0.25, -0.2) is 4.39 Å². The fourth-order valence-corrected chi connectivity index (χ4v) is 2.01. The van der Waals surface area contributed by atoms with E-state index < -0.39 is 0 Å². The fourth-order valence-electron chi connectivity index (χ4n) is 2.01. The molecule has 0 radical (unpaired) electrons. The molecule has 1 heterocycles. The van der Waals surface area contributed by atoms with E-state index >= 15 is 0 Å². The van der Waals surface area contributed by atoms with Crippen molar-refractivity contribution >= 4 is 0 Å². The van der Waals surface area contributed by atoms with Crippen LogP contribution in [0.3, 0.4) is 0 Å². The second-order valence-corrected chi connectivity index (χ2v) is 4.35. The van der Waals surface area contributed by atoms with E-state index in [9.17, 15) is 9.18 Å². The van der Waals surface area contributed by atoms with Crippen molar-refractivity contribution in [3.63, 3.8) is 0 Å². The molecule has 0 unspecified atom stereocenters. The van der Waals surface area contributed by atoms with Crippen molar-refractivity contribution in [3.05, 3.63) is 58.1 Å². The smallest absolute Gasteiger partial charge is 0.268 e. The van der Waals surface area contributed by atoms with Gasteiger partial charge in [0.15, 0.2) is 0 Å². The summed E-state index contributed by atoms with van der Waals surface area (Å²) in [4.78, 5) is 12.2. The average Bonchev–Trinajstić information content (AvgIpc) is 2.47. The van der Waals surface area contributed by atoms with Gasteiger partial charge in [-0.3, -0.25) is 4.79 Å². The molecule has 20 heavy (non-hydrogen) atoms. The van der Waals surface area contributed by atoms with E-state index in [0.29, 0.717) is 25.2 Å². The summed E-state index contributed by atoms with van der Waals surface area (Å²) in [6, 6.07) is 10.9. The maximum atomic E-state index is 13.0. The molecule has 0 bridgehead atoms. The van der Waals surface area contributed by atoms with Crippen LogP contribution in [0, 0.1) is 17.1 Å². The van der Waals surface area contributed by atoms with Crippen molar-refractivity contribution in [3.8, 4) is 17.3 Å². The predicted octanol–water partition coefficient (Wildman–Crippen LogP) is 1.87. The van der Waals surface area contributed by atoms with Crippen LogP contribution in [0.2, 0.25) is 0 Å². The molecule has 2 aromatic rings. The van der Waals surface area contributed by atoms with E-state index in [1.807, 2.05) is 6.07 Å². The highest BCUT2D eigenvalue weighted by Gasteiger charge is 2.10. The van der Waals surface area contributed by atoms with Gasteiger partial charge in [0, 0.05) is 6.54 Å². The molecule has 0 atom stereocenters. The average molecular weight is 271 g/mol. The van der Waals surface area contributed by atoms with Gasteiger partial charge in [0.25, 0.3) is 5.56 Å². The van der Waals surface area contributed by atoms with Gasteiger partial charge in [-0.05, 0) is 54.9 Å². The molecule has 1 aromatic heterocycles. The monoisotopic (exact) mass is 271 g/mol. The van der Waals surface area contributed by atoms with Crippen LogP contribution in [0.4, 0.5) is 4.39 Å². The highest BCUT2D eigenvalue weighted by molar-refractivity contribution is 5.60. The van der Waals surface area contributed by atoms with Gasteiger partial charge in [0.2, 0.25) is 0 Å². The SMILES string of the molecule is N#Cc1ccc(-c2ccc(F)cc2)n(CCCN)c1=O. The Hall–Kier alpha value is -2.45. The van der Waals surface area contributed by atoms with Crippen molar-refractivity contribution in [1.82, 2.24) is 4.57 Å². The molecule has 0 amide bonds. The van der Waals surface area contributed by atoms with Crippen LogP contribution in [-0.4, -0.2) is 11.1 Å².